The van der Waals surface area contributed by atoms with Gasteiger partial charge in [0.1, 0.15) is 5.58 Å². The number of rotatable bonds is 7. The average molecular weight is 552 g/mol. The van der Waals surface area contributed by atoms with Crippen LogP contribution in [0.3, 0.4) is 0 Å². The second-order valence-corrected chi connectivity index (χ2v) is 9.10. The summed E-state index contributed by atoms with van der Waals surface area (Å²) in [5.41, 5.74) is 0.849. The Morgan fingerprint density at radius 2 is 1.92 bits per heavy atom. The first kappa shape index (κ1) is 25.3. The van der Waals surface area contributed by atoms with Crippen LogP contribution in [-0.2, 0) is 4.79 Å². The number of carbonyl (C=O) groups is 1. The number of fused-ring (bicyclic) bond motifs is 2. The van der Waals surface area contributed by atoms with E-state index >= 15 is 0 Å². The third kappa shape index (κ3) is 4.81. The number of furan rings is 1. The van der Waals surface area contributed by atoms with Crippen molar-refractivity contribution in [3.8, 4) is 23.1 Å². The summed E-state index contributed by atoms with van der Waals surface area (Å²) in [5.74, 6) is -0.440. The van der Waals surface area contributed by atoms with Crippen LogP contribution >= 0.6 is 23.2 Å². The zero-order valence-corrected chi connectivity index (χ0v) is 21.5. The minimum absolute atomic E-state index is 0.0947. The Bertz CT molecular complexity index is 1790. The van der Waals surface area contributed by atoms with Gasteiger partial charge >= 0.3 is 5.97 Å². The SMILES string of the molecule is COc1cc(Cl)cc(C=Nn2c(-c3cc4cc(Cl)ccc4o3)nc3ccccc3c2=O)c1O[C@@H](C)C(=O)O. The monoisotopic (exact) mass is 551 g/mol. The fraction of sp³-hybridized carbons (Fsp3) is 0.111. The van der Waals surface area contributed by atoms with Gasteiger partial charge in [0.2, 0.25) is 5.82 Å². The number of hydrogen-bond acceptors (Lipinski definition) is 7. The smallest absolute Gasteiger partial charge is 0.344 e. The van der Waals surface area contributed by atoms with Crippen LogP contribution in [0.2, 0.25) is 10.0 Å². The summed E-state index contributed by atoms with van der Waals surface area (Å²) in [4.78, 5) is 29.6. The third-order valence-corrected chi connectivity index (χ3v) is 6.13. The van der Waals surface area contributed by atoms with Crippen molar-refractivity contribution < 1.29 is 23.8 Å². The largest absolute Gasteiger partial charge is 0.493 e. The number of carboxylic acids is 1. The molecule has 0 amide bonds. The molecule has 2 heterocycles. The lowest BCUT2D eigenvalue weighted by Gasteiger charge is -2.16. The zero-order valence-electron chi connectivity index (χ0n) is 20.0. The van der Waals surface area contributed by atoms with Crippen molar-refractivity contribution in [3.63, 3.8) is 0 Å². The van der Waals surface area contributed by atoms with Gasteiger partial charge in [0.05, 0.1) is 24.2 Å². The van der Waals surface area contributed by atoms with Crippen LogP contribution in [0.15, 0.2) is 75.0 Å². The molecule has 0 spiro atoms. The molecule has 5 aromatic rings. The van der Waals surface area contributed by atoms with Gasteiger partial charge in [-0.3, -0.25) is 4.79 Å². The molecule has 0 saturated heterocycles. The van der Waals surface area contributed by atoms with E-state index in [0.717, 1.165) is 10.1 Å². The summed E-state index contributed by atoms with van der Waals surface area (Å²) >= 11 is 12.4. The Morgan fingerprint density at radius 3 is 2.68 bits per heavy atom. The van der Waals surface area contributed by atoms with Crippen LogP contribution in [0.1, 0.15) is 12.5 Å². The highest BCUT2D eigenvalue weighted by molar-refractivity contribution is 6.31. The fourth-order valence-electron chi connectivity index (χ4n) is 3.82. The third-order valence-electron chi connectivity index (χ3n) is 5.68. The van der Waals surface area contributed by atoms with Crippen molar-refractivity contribution in [3.05, 3.63) is 86.6 Å². The Balaban J connectivity index is 1.71. The molecule has 0 fully saturated rings. The van der Waals surface area contributed by atoms with E-state index in [0.29, 0.717) is 27.3 Å². The summed E-state index contributed by atoms with van der Waals surface area (Å²) < 4.78 is 18.1. The number of carboxylic acid groups (broad SMARTS) is 1. The van der Waals surface area contributed by atoms with Gasteiger partial charge in [-0.05, 0) is 49.4 Å². The molecule has 0 radical (unpaired) electrons. The summed E-state index contributed by atoms with van der Waals surface area (Å²) in [6.07, 6.45) is 0.124. The van der Waals surface area contributed by atoms with E-state index in [9.17, 15) is 14.7 Å². The minimum Gasteiger partial charge on any atom is -0.493 e. The van der Waals surface area contributed by atoms with Crippen molar-refractivity contribution in [2.45, 2.75) is 13.0 Å². The summed E-state index contributed by atoms with van der Waals surface area (Å²) in [5, 5.41) is 15.6. The molecule has 0 aliphatic rings. The normalized spacial score (nSPS) is 12.3. The summed E-state index contributed by atoms with van der Waals surface area (Å²) in [6, 6.07) is 16.7. The first-order valence-electron chi connectivity index (χ1n) is 11.3. The maximum atomic E-state index is 13.5. The molecule has 5 rings (SSSR count). The molecule has 1 N–H and O–H groups in total. The van der Waals surface area contributed by atoms with Crippen LogP contribution < -0.4 is 15.0 Å². The van der Waals surface area contributed by atoms with Gasteiger partial charge in [-0.25, -0.2) is 9.78 Å². The number of aromatic nitrogens is 2. The van der Waals surface area contributed by atoms with E-state index in [1.807, 2.05) is 0 Å². The summed E-state index contributed by atoms with van der Waals surface area (Å²) in [6.45, 7) is 1.38. The number of ether oxygens (including phenoxy) is 2. The van der Waals surface area contributed by atoms with Gasteiger partial charge in [0.15, 0.2) is 23.4 Å². The number of aliphatic carboxylic acids is 1. The lowest BCUT2D eigenvalue weighted by molar-refractivity contribution is -0.144. The number of para-hydroxylation sites is 1. The summed E-state index contributed by atoms with van der Waals surface area (Å²) in [7, 11) is 1.40. The molecule has 3 aromatic carbocycles. The molecule has 11 heteroatoms. The average Bonchev–Trinajstić information content (AvgIpc) is 3.32. The Kier molecular flexibility index (Phi) is 6.79. The first-order valence-corrected chi connectivity index (χ1v) is 12.0. The Morgan fingerprint density at radius 1 is 1.13 bits per heavy atom. The molecular formula is C27H19Cl2N3O6. The lowest BCUT2D eigenvalue weighted by atomic mass is 10.2. The van der Waals surface area contributed by atoms with Crippen LogP contribution in [0.5, 0.6) is 11.5 Å². The van der Waals surface area contributed by atoms with Gasteiger partial charge in [-0.2, -0.15) is 9.78 Å². The second-order valence-electron chi connectivity index (χ2n) is 8.23. The topological polar surface area (TPSA) is 116 Å². The van der Waals surface area contributed by atoms with Crippen molar-refractivity contribution in [2.24, 2.45) is 5.10 Å². The molecule has 38 heavy (non-hydrogen) atoms. The molecule has 192 valence electrons. The van der Waals surface area contributed by atoms with Crippen LogP contribution in [-0.4, -0.2) is 40.2 Å². The van der Waals surface area contributed by atoms with E-state index < -0.39 is 17.6 Å². The predicted octanol–water partition coefficient (Wildman–Crippen LogP) is 5.86. The van der Waals surface area contributed by atoms with Gasteiger partial charge in [0.25, 0.3) is 5.56 Å². The molecule has 9 nitrogen and oxygen atoms in total. The van der Waals surface area contributed by atoms with Gasteiger partial charge in [0, 0.05) is 27.1 Å². The standard InChI is InChI=1S/C27H19Cl2N3O6/c1-14(27(34)35)37-24-16(10-18(29)12-22(24)36-2)13-30-32-25(31-20-6-4-3-5-19(20)26(32)33)23-11-15-9-17(28)7-8-21(15)38-23/h3-14H,1-2H3,(H,34,35)/t14-/m0/s1. The number of hydrogen-bond donors (Lipinski definition) is 1. The number of nitrogens with zero attached hydrogens (tertiary/aromatic N) is 3. The van der Waals surface area contributed by atoms with E-state index in [4.69, 9.17) is 37.1 Å². The fourth-order valence-corrected chi connectivity index (χ4v) is 4.22. The van der Waals surface area contributed by atoms with Crippen molar-refractivity contribution in [1.82, 2.24) is 9.66 Å². The molecule has 0 bridgehead atoms. The minimum atomic E-state index is -1.19. The van der Waals surface area contributed by atoms with Crippen molar-refractivity contribution in [1.29, 1.82) is 0 Å². The van der Waals surface area contributed by atoms with Crippen molar-refractivity contribution >= 4 is 57.3 Å². The van der Waals surface area contributed by atoms with E-state index in [1.165, 1.54) is 32.4 Å². The highest BCUT2D eigenvalue weighted by Gasteiger charge is 2.20. The second kappa shape index (κ2) is 10.2. The van der Waals surface area contributed by atoms with E-state index in [1.54, 1.807) is 48.5 Å². The van der Waals surface area contributed by atoms with Gasteiger partial charge in [-0.1, -0.05) is 35.3 Å². The number of benzene rings is 3. The molecule has 0 aliphatic carbocycles. The quantitative estimate of drug-likeness (QED) is 0.252. The lowest BCUT2D eigenvalue weighted by Crippen LogP contribution is -2.24. The maximum absolute atomic E-state index is 13.5. The van der Waals surface area contributed by atoms with Crippen molar-refractivity contribution in [2.75, 3.05) is 7.11 Å². The Labute approximate surface area is 225 Å². The molecule has 2 aromatic heterocycles. The Hall–Kier alpha value is -4.34. The van der Waals surface area contributed by atoms with E-state index in [2.05, 4.69) is 10.1 Å². The molecule has 1 atom stereocenters. The maximum Gasteiger partial charge on any atom is 0.344 e. The number of halogens is 2. The molecule has 0 saturated carbocycles. The van der Waals surface area contributed by atoms with E-state index in [-0.39, 0.29) is 27.9 Å². The molecule has 0 unspecified atom stereocenters. The zero-order chi connectivity index (χ0) is 27.0. The molecular weight excluding hydrogens is 533 g/mol. The first-order chi connectivity index (χ1) is 18.2. The molecule has 0 aliphatic heterocycles. The highest BCUT2D eigenvalue weighted by Crippen LogP contribution is 2.35. The van der Waals surface area contributed by atoms with Gasteiger partial charge in [-0.15, -0.1) is 0 Å². The van der Waals surface area contributed by atoms with Crippen LogP contribution in [0.4, 0.5) is 0 Å². The van der Waals surface area contributed by atoms with Crippen LogP contribution in [0.25, 0.3) is 33.5 Å². The number of methoxy groups -OCH3 is 1. The van der Waals surface area contributed by atoms with Crippen LogP contribution in [0, 0.1) is 0 Å². The predicted molar refractivity (Wildman–Crippen MR) is 145 cm³/mol. The highest BCUT2D eigenvalue weighted by atomic mass is 35.5. The van der Waals surface area contributed by atoms with Gasteiger partial charge < -0.3 is 19.0 Å².